The van der Waals surface area contributed by atoms with Gasteiger partial charge in [-0.2, -0.15) is 0 Å². The Morgan fingerprint density at radius 2 is 1.86 bits per heavy atom. The van der Waals surface area contributed by atoms with Gasteiger partial charge >= 0.3 is 0 Å². The number of halogens is 2. The van der Waals surface area contributed by atoms with E-state index in [9.17, 15) is 13.9 Å². The predicted octanol–water partition coefficient (Wildman–Crippen LogP) is 2.53. The molecule has 0 bridgehead atoms. The van der Waals surface area contributed by atoms with Gasteiger partial charge in [0.05, 0.1) is 29.9 Å². The molecule has 0 aliphatic carbocycles. The minimum atomic E-state index is -0.435. The molecule has 2 aromatic rings. The standard InChI is InChI=1S/C16H19F2N3O/c1-10(2)16(9-22)20-8-15-12(18)4-6-14(21-15)13-5-3-11(17)7-19-13/h3-7,10,16,20,22H,8-9H2,1-2H3/t16-/m0/s1. The lowest BCUT2D eigenvalue weighted by molar-refractivity contribution is 0.209. The summed E-state index contributed by atoms with van der Waals surface area (Å²) in [6.07, 6.45) is 1.10. The first kappa shape index (κ1) is 16.5. The molecule has 0 amide bonds. The molecule has 4 nitrogen and oxygen atoms in total. The third-order valence-electron chi connectivity index (χ3n) is 3.44. The van der Waals surface area contributed by atoms with E-state index in [0.29, 0.717) is 11.4 Å². The lowest BCUT2D eigenvalue weighted by Gasteiger charge is -2.19. The molecule has 0 radical (unpaired) electrons. The second-order valence-electron chi connectivity index (χ2n) is 5.40. The molecule has 6 heteroatoms. The molecule has 0 unspecified atom stereocenters. The minimum absolute atomic E-state index is 0.0293. The van der Waals surface area contributed by atoms with E-state index in [1.807, 2.05) is 13.8 Å². The van der Waals surface area contributed by atoms with Gasteiger partial charge in [-0.3, -0.25) is 4.98 Å². The monoisotopic (exact) mass is 307 g/mol. The molecule has 0 saturated heterocycles. The Kier molecular flexibility index (Phi) is 5.51. The minimum Gasteiger partial charge on any atom is -0.395 e. The summed E-state index contributed by atoms with van der Waals surface area (Å²) < 4.78 is 26.8. The molecule has 0 spiro atoms. The van der Waals surface area contributed by atoms with Crippen LogP contribution in [-0.4, -0.2) is 27.7 Å². The summed E-state index contributed by atoms with van der Waals surface area (Å²) in [5.41, 5.74) is 1.19. The maximum absolute atomic E-state index is 13.9. The zero-order valence-electron chi connectivity index (χ0n) is 12.6. The third kappa shape index (κ3) is 4.05. The van der Waals surface area contributed by atoms with Crippen LogP contribution in [0.3, 0.4) is 0 Å². The predicted molar refractivity (Wildman–Crippen MR) is 79.9 cm³/mol. The second-order valence-corrected chi connectivity index (χ2v) is 5.40. The summed E-state index contributed by atoms with van der Waals surface area (Å²) in [5.74, 6) is -0.649. The number of hydrogen-bond donors (Lipinski definition) is 2. The van der Waals surface area contributed by atoms with E-state index < -0.39 is 11.6 Å². The van der Waals surface area contributed by atoms with Crippen molar-refractivity contribution in [2.75, 3.05) is 6.61 Å². The van der Waals surface area contributed by atoms with Crippen molar-refractivity contribution in [3.05, 3.63) is 47.8 Å². The highest BCUT2D eigenvalue weighted by Crippen LogP contribution is 2.17. The number of nitrogens with zero attached hydrogens (tertiary/aromatic N) is 2. The number of aromatic nitrogens is 2. The Hall–Kier alpha value is -1.92. The summed E-state index contributed by atoms with van der Waals surface area (Å²) in [6.45, 7) is 4.11. The maximum atomic E-state index is 13.9. The van der Waals surface area contributed by atoms with Crippen LogP contribution in [0.25, 0.3) is 11.4 Å². The van der Waals surface area contributed by atoms with Crippen molar-refractivity contribution in [3.8, 4) is 11.4 Å². The van der Waals surface area contributed by atoms with Gasteiger partial charge in [0.15, 0.2) is 0 Å². The van der Waals surface area contributed by atoms with E-state index in [0.717, 1.165) is 6.20 Å². The molecule has 2 N–H and O–H groups in total. The number of aliphatic hydroxyl groups is 1. The highest BCUT2D eigenvalue weighted by molar-refractivity contribution is 5.53. The molecule has 0 aromatic carbocycles. The van der Waals surface area contributed by atoms with Gasteiger partial charge in [0.25, 0.3) is 0 Å². The van der Waals surface area contributed by atoms with Gasteiger partial charge in [-0.05, 0) is 30.2 Å². The number of pyridine rings is 2. The van der Waals surface area contributed by atoms with E-state index in [4.69, 9.17) is 0 Å². The summed E-state index contributed by atoms with van der Waals surface area (Å²) in [6, 6.07) is 5.47. The van der Waals surface area contributed by atoms with Crippen molar-refractivity contribution in [1.82, 2.24) is 15.3 Å². The Morgan fingerprint density at radius 3 is 2.45 bits per heavy atom. The van der Waals surface area contributed by atoms with Gasteiger partial charge in [-0.25, -0.2) is 13.8 Å². The van der Waals surface area contributed by atoms with E-state index in [2.05, 4.69) is 15.3 Å². The zero-order valence-corrected chi connectivity index (χ0v) is 12.6. The Balaban J connectivity index is 2.18. The van der Waals surface area contributed by atoms with Crippen molar-refractivity contribution in [1.29, 1.82) is 0 Å². The van der Waals surface area contributed by atoms with Gasteiger partial charge < -0.3 is 10.4 Å². The van der Waals surface area contributed by atoms with Crippen LogP contribution in [0.15, 0.2) is 30.5 Å². The molecule has 2 rings (SSSR count). The van der Waals surface area contributed by atoms with Crippen LogP contribution < -0.4 is 5.32 Å². The molecule has 22 heavy (non-hydrogen) atoms. The van der Waals surface area contributed by atoms with Crippen molar-refractivity contribution in [2.45, 2.75) is 26.4 Å². The first-order valence-corrected chi connectivity index (χ1v) is 7.13. The number of aliphatic hydroxyl groups excluding tert-OH is 1. The van der Waals surface area contributed by atoms with Crippen molar-refractivity contribution in [2.24, 2.45) is 5.92 Å². The zero-order chi connectivity index (χ0) is 16.1. The molecule has 0 fully saturated rings. The fraction of sp³-hybridized carbons (Fsp3) is 0.375. The highest BCUT2D eigenvalue weighted by Gasteiger charge is 2.14. The Bertz CT molecular complexity index is 617. The van der Waals surface area contributed by atoms with Gasteiger partial charge in [0, 0.05) is 12.6 Å². The van der Waals surface area contributed by atoms with Crippen LogP contribution in [0.5, 0.6) is 0 Å². The van der Waals surface area contributed by atoms with E-state index in [1.54, 1.807) is 0 Å². The van der Waals surface area contributed by atoms with E-state index in [-0.39, 0.29) is 30.8 Å². The molecule has 0 aliphatic rings. The summed E-state index contributed by atoms with van der Waals surface area (Å²) >= 11 is 0. The van der Waals surface area contributed by atoms with Crippen LogP contribution in [-0.2, 0) is 6.54 Å². The molecule has 0 aliphatic heterocycles. The van der Waals surface area contributed by atoms with Gasteiger partial charge in [-0.15, -0.1) is 0 Å². The highest BCUT2D eigenvalue weighted by atomic mass is 19.1. The third-order valence-corrected chi connectivity index (χ3v) is 3.44. The number of hydrogen-bond acceptors (Lipinski definition) is 4. The normalized spacial score (nSPS) is 12.6. The van der Waals surface area contributed by atoms with Gasteiger partial charge in [0.2, 0.25) is 0 Å². The van der Waals surface area contributed by atoms with Crippen LogP contribution in [0.4, 0.5) is 8.78 Å². The maximum Gasteiger partial charge on any atom is 0.146 e. The summed E-state index contributed by atoms with van der Waals surface area (Å²) in [7, 11) is 0. The molecule has 2 aromatic heterocycles. The molecule has 2 heterocycles. The SMILES string of the molecule is CC(C)[C@H](CO)NCc1nc(-c2ccc(F)cn2)ccc1F. The fourth-order valence-electron chi connectivity index (χ4n) is 2.02. The smallest absolute Gasteiger partial charge is 0.146 e. The number of rotatable bonds is 6. The van der Waals surface area contributed by atoms with Gasteiger partial charge in [0.1, 0.15) is 11.6 Å². The van der Waals surface area contributed by atoms with Crippen LogP contribution in [0, 0.1) is 17.6 Å². The summed E-state index contributed by atoms with van der Waals surface area (Å²) in [4.78, 5) is 8.17. The van der Waals surface area contributed by atoms with Crippen molar-refractivity contribution < 1.29 is 13.9 Å². The molecular weight excluding hydrogens is 288 g/mol. The lowest BCUT2D eigenvalue weighted by atomic mass is 10.1. The average molecular weight is 307 g/mol. The fourth-order valence-corrected chi connectivity index (χ4v) is 2.02. The van der Waals surface area contributed by atoms with Crippen molar-refractivity contribution in [3.63, 3.8) is 0 Å². The summed E-state index contributed by atoms with van der Waals surface area (Å²) in [5, 5.41) is 12.4. The first-order valence-electron chi connectivity index (χ1n) is 7.13. The lowest BCUT2D eigenvalue weighted by Crippen LogP contribution is -2.36. The second kappa shape index (κ2) is 7.38. The molecular formula is C16H19F2N3O. The topological polar surface area (TPSA) is 58.0 Å². The van der Waals surface area contributed by atoms with E-state index in [1.165, 1.54) is 24.3 Å². The first-order chi connectivity index (χ1) is 10.5. The molecule has 1 atom stereocenters. The van der Waals surface area contributed by atoms with Crippen molar-refractivity contribution >= 4 is 0 Å². The number of nitrogens with one attached hydrogen (secondary N) is 1. The van der Waals surface area contributed by atoms with Gasteiger partial charge in [-0.1, -0.05) is 13.8 Å². The largest absolute Gasteiger partial charge is 0.395 e. The molecule has 0 saturated carbocycles. The Labute approximate surface area is 128 Å². The van der Waals surface area contributed by atoms with Crippen LogP contribution >= 0.6 is 0 Å². The van der Waals surface area contributed by atoms with Crippen LogP contribution in [0.2, 0.25) is 0 Å². The van der Waals surface area contributed by atoms with E-state index >= 15 is 0 Å². The average Bonchev–Trinajstić information content (AvgIpc) is 2.50. The van der Waals surface area contributed by atoms with Crippen LogP contribution in [0.1, 0.15) is 19.5 Å². The quantitative estimate of drug-likeness (QED) is 0.861. The Morgan fingerprint density at radius 1 is 1.14 bits per heavy atom. The molecule has 118 valence electrons.